The number of hydrogen-bond donors (Lipinski definition) is 1. The second-order valence-corrected chi connectivity index (χ2v) is 8.97. The van der Waals surface area contributed by atoms with Gasteiger partial charge in [-0.2, -0.15) is 0 Å². The molecule has 4 aromatic rings. The predicted octanol–water partition coefficient (Wildman–Crippen LogP) is 4.31. The van der Waals surface area contributed by atoms with E-state index in [0.29, 0.717) is 11.0 Å². The first-order chi connectivity index (χ1) is 15.9. The van der Waals surface area contributed by atoms with Crippen molar-refractivity contribution in [2.24, 2.45) is 0 Å². The Morgan fingerprint density at radius 3 is 2.64 bits per heavy atom. The maximum absolute atomic E-state index is 13.4. The summed E-state index contributed by atoms with van der Waals surface area (Å²) in [5.41, 5.74) is 6.90. The van der Waals surface area contributed by atoms with Crippen LogP contribution in [-0.4, -0.2) is 20.0 Å². The Hall–Kier alpha value is -3.67. The van der Waals surface area contributed by atoms with Gasteiger partial charge in [0.1, 0.15) is 12.9 Å². The van der Waals surface area contributed by atoms with Crippen molar-refractivity contribution >= 4 is 16.9 Å². The molecule has 0 fully saturated rings. The highest BCUT2D eigenvalue weighted by atomic mass is 16.2. The van der Waals surface area contributed by atoms with Crippen LogP contribution in [0.3, 0.4) is 0 Å². The summed E-state index contributed by atoms with van der Waals surface area (Å²) in [6.45, 7) is 5.93. The van der Waals surface area contributed by atoms with Crippen molar-refractivity contribution in [2.75, 3.05) is 0 Å². The molecule has 0 saturated heterocycles. The normalized spacial score (nSPS) is 15.4. The molecule has 1 amide bonds. The Morgan fingerprint density at radius 1 is 1.09 bits per heavy atom. The fraction of sp³-hybridized carbons (Fsp3) is 0.296. The van der Waals surface area contributed by atoms with E-state index in [4.69, 9.17) is 0 Å². The number of amides is 1. The van der Waals surface area contributed by atoms with Crippen molar-refractivity contribution in [3.05, 3.63) is 93.2 Å². The third-order valence-electron chi connectivity index (χ3n) is 6.79. The van der Waals surface area contributed by atoms with Gasteiger partial charge in [-0.1, -0.05) is 42.0 Å². The van der Waals surface area contributed by atoms with Crippen molar-refractivity contribution < 1.29 is 4.79 Å². The van der Waals surface area contributed by atoms with Crippen LogP contribution >= 0.6 is 0 Å². The van der Waals surface area contributed by atoms with Crippen molar-refractivity contribution in [3.63, 3.8) is 0 Å². The van der Waals surface area contributed by atoms with Gasteiger partial charge >= 0.3 is 0 Å². The Balaban J connectivity index is 1.45. The molecule has 1 atom stereocenters. The molecular weight excluding hydrogens is 412 g/mol. The van der Waals surface area contributed by atoms with E-state index in [1.54, 1.807) is 0 Å². The maximum atomic E-state index is 13.4. The van der Waals surface area contributed by atoms with E-state index in [2.05, 4.69) is 22.4 Å². The largest absolute Gasteiger partial charge is 0.348 e. The van der Waals surface area contributed by atoms with Crippen molar-refractivity contribution in [1.82, 2.24) is 19.4 Å². The van der Waals surface area contributed by atoms with Gasteiger partial charge in [-0.25, -0.2) is 4.98 Å². The first kappa shape index (κ1) is 21.2. The number of carbonyl (C=O) groups is 1. The molecular formula is C27H28N4O2. The summed E-state index contributed by atoms with van der Waals surface area (Å²) in [6, 6.07) is 16.4. The molecule has 0 radical (unpaired) electrons. The van der Waals surface area contributed by atoms with Crippen molar-refractivity contribution in [2.45, 2.75) is 52.6 Å². The number of nitrogens with zero attached hydrogens (tertiary/aromatic N) is 3. The number of fused-ring (bicyclic) bond motifs is 2. The van der Waals surface area contributed by atoms with Crippen LogP contribution in [0.1, 0.15) is 46.8 Å². The van der Waals surface area contributed by atoms with Gasteiger partial charge in [0.2, 0.25) is 5.91 Å². The molecule has 1 N–H and O–H groups in total. The van der Waals surface area contributed by atoms with Crippen LogP contribution in [0.15, 0.2) is 59.7 Å². The lowest BCUT2D eigenvalue weighted by Crippen LogP contribution is -2.36. The Bertz CT molecular complexity index is 1410. The van der Waals surface area contributed by atoms with E-state index >= 15 is 0 Å². The van der Waals surface area contributed by atoms with Gasteiger partial charge in [0.05, 0.1) is 11.4 Å². The number of benzene rings is 2. The minimum Gasteiger partial charge on any atom is -0.348 e. The number of rotatable bonds is 4. The molecule has 0 unspecified atom stereocenters. The molecule has 0 aliphatic heterocycles. The van der Waals surface area contributed by atoms with Crippen LogP contribution in [0.25, 0.3) is 16.7 Å². The summed E-state index contributed by atoms with van der Waals surface area (Å²) in [6.07, 6.45) is 4.48. The summed E-state index contributed by atoms with van der Waals surface area (Å²) < 4.78 is 3.42. The summed E-state index contributed by atoms with van der Waals surface area (Å²) in [7, 11) is 0. The molecule has 0 bridgehead atoms. The second-order valence-electron chi connectivity index (χ2n) is 8.97. The van der Waals surface area contributed by atoms with Crippen LogP contribution in [0.4, 0.5) is 0 Å². The highest BCUT2D eigenvalue weighted by molar-refractivity contribution is 5.83. The van der Waals surface area contributed by atoms with Gasteiger partial charge in [-0.15, -0.1) is 0 Å². The fourth-order valence-electron chi connectivity index (χ4n) is 4.91. The zero-order valence-electron chi connectivity index (χ0n) is 19.3. The topological polar surface area (TPSA) is 68.9 Å². The molecule has 2 heterocycles. The van der Waals surface area contributed by atoms with Crippen LogP contribution in [0.5, 0.6) is 0 Å². The molecule has 1 aliphatic carbocycles. The fourth-order valence-corrected chi connectivity index (χ4v) is 4.91. The predicted molar refractivity (Wildman–Crippen MR) is 130 cm³/mol. The number of aryl methyl sites for hydroxylation is 3. The summed E-state index contributed by atoms with van der Waals surface area (Å²) in [5.74, 6) is -0.174. The standard InChI is InChI=1S/C27H28N4O2/c1-17-11-13-21(14-12-17)31-19(3)18(2)25-26(31)28-16-30(27(25)33)15-24(32)29-23-10-6-8-20-7-4-5-9-22(20)23/h4-5,7,9,11-14,16,23H,6,8,10,15H2,1-3H3,(H,29,32)/t23-/m1/s1. The zero-order chi connectivity index (χ0) is 23.1. The van der Waals surface area contributed by atoms with E-state index in [-0.39, 0.29) is 24.1 Å². The number of hydrogen-bond acceptors (Lipinski definition) is 3. The van der Waals surface area contributed by atoms with Gasteiger partial charge in [-0.3, -0.25) is 18.7 Å². The Kier molecular flexibility index (Phi) is 5.36. The molecule has 168 valence electrons. The van der Waals surface area contributed by atoms with Gasteiger partial charge in [0.25, 0.3) is 5.56 Å². The zero-order valence-corrected chi connectivity index (χ0v) is 19.3. The van der Waals surface area contributed by atoms with E-state index in [9.17, 15) is 9.59 Å². The molecule has 2 aromatic heterocycles. The maximum Gasteiger partial charge on any atom is 0.263 e. The van der Waals surface area contributed by atoms with E-state index in [0.717, 1.165) is 36.2 Å². The molecule has 5 rings (SSSR count). The van der Waals surface area contributed by atoms with Crippen molar-refractivity contribution in [1.29, 1.82) is 0 Å². The lowest BCUT2D eigenvalue weighted by Gasteiger charge is -2.26. The minimum atomic E-state index is -0.189. The van der Waals surface area contributed by atoms with Crippen LogP contribution in [0.2, 0.25) is 0 Å². The van der Waals surface area contributed by atoms with Gasteiger partial charge < -0.3 is 5.32 Å². The summed E-state index contributed by atoms with van der Waals surface area (Å²) >= 11 is 0. The van der Waals surface area contributed by atoms with Crippen molar-refractivity contribution in [3.8, 4) is 5.69 Å². The lowest BCUT2D eigenvalue weighted by molar-refractivity contribution is -0.122. The van der Waals surface area contributed by atoms with Gasteiger partial charge in [-0.05, 0) is 68.9 Å². The quantitative estimate of drug-likeness (QED) is 0.514. The monoisotopic (exact) mass is 440 g/mol. The number of nitrogens with one attached hydrogen (secondary N) is 1. The third-order valence-corrected chi connectivity index (χ3v) is 6.79. The Morgan fingerprint density at radius 2 is 1.85 bits per heavy atom. The summed E-state index contributed by atoms with van der Waals surface area (Å²) in [5, 5.41) is 3.69. The average molecular weight is 441 g/mol. The lowest BCUT2D eigenvalue weighted by atomic mass is 9.88. The number of aromatic nitrogens is 3. The SMILES string of the molecule is Cc1ccc(-n2c(C)c(C)c3c(=O)n(CC(=O)N[C@@H]4CCCc5ccccc54)cnc32)cc1. The average Bonchev–Trinajstić information content (AvgIpc) is 3.07. The smallest absolute Gasteiger partial charge is 0.263 e. The third kappa shape index (κ3) is 3.75. The number of carbonyl (C=O) groups excluding carboxylic acids is 1. The Labute approximate surface area is 192 Å². The van der Waals surface area contributed by atoms with E-state index < -0.39 is 0 Å². The van der Waals surface area contributed by atoms with E-state index in [1.165, 1.54) is 27.6 Å². The van der Waals surface area contributed by atoms with Gasteiger partial charge in [0, 0.05) is 11.4 Å². The molecule has 2 aromatic carbocycles. The van der Waals surface area contributed by atoms with Crippen LogP contribution in [0, 0.1) is 20.8 Å². The molecule has 0 saturated carbocycles. The van der Waals surface area contributed by atoms with Gasteiger partial charge in [0.15, 0.2) is 5.65 Å². The molecule has 6 nitrogen and oxygen atoms in total. The minimum absolute atomic E-state index is 0.0126. The highest BCUT2D eigenvalue weighted by Gasteiger charge is 2.23. The highest BCUT2D eigenvalue weighted by Crippen LogP contribution is 2.29. The van der Waals surface area contributed by atoms with Crippen LogP contribution in [-0.2, 0) is 17.8 Å². The molecule has 1 aliphatic rings. The summed E-state index contributed by atoms with van der Waals surface area (Å²) in [4.78, 5) is 30.8. The first-order valence-corrected chi connectivity index (χ1v) is 11.5. The second kappa shape index (κ2) is 8.35. The van der Waals surface area contributed by atoms with Crippen LogP contribution < -0.4 is 10.9 Å². The molecule has 0 spiro atoms. The first-order valence-electron chi connectivity index (χ1n) is 11.5. The molecule has 6 heteroatoms. The van der Waals surface area contributed by atoms with E-state index in [1.807, 2.05) is 61.7 Å². The molecule has 33 heavy (non-hydrogen) atoms.